The first-order valence-electron chi connectivity index (χ1n) is 11.7. The van der Waals surface area contributed by atoms with E-state index in [9.17, 15) is 14.4 Å². The quantitative estimate of drug-likeness (QED) is 0.283. The summed E-state index contributed by atoms with van der Waals surface area (Å²) < 4.78 is 17.3. The fourth-order valence-corrected chi connectivity index (χ4v) is 3.58. The van der Waals surface area contributed by atoms with Crippen LogP contribution in [-0.2, 0) is 9.59 Å². The molecular weight excluding hydrogens is 448 g/mol. The van der Waals surface area contributed by atoms with Gasteiger partial charge < -0.3 is 14.2 Å². The molecule has 1 aliphatic rings. The Morgan fingerprint density at radius 1 is 0.829 bits per heavy atom. The van der Waals surface area contributed by atoms with Gasteiger partial charge in [-0.3, -0.25) is 19.4 Å². The number of rotatable bonds is 10. The Labute approximate surface area is 206 Å². The first-order valence-corrected chi connectivity index (χ1v) is 11.7. The largest absolute Gasteiger partial charge is 0.490 e. The number of hydrogen-bond acceptors (Lipinski definition) is 6. The minimum absolute atomic E-state index is 0.0986. The van der Waals surface area contributed by atoms with Gasteiger partial charge in [-0.2, -0.15) is 0 Å². The average Bonchev–Trinajstić information content (AvgIpc) is 2.87. The van der Waals surface area contributed by atoms with E-state index in [-0.39, 0.29) is 5.57 Å². The Bertz CT molecular complexity index is 1080. The molecule has 0 spiro atoms. The van der Waals surface area contributed by atoms with Gasteiger partial charge in [-0.15, -0.1) is 0 Å². The first-order chi connectivity index (χ1) is 16.8. The number of urea groups is 1. The van der Waals surface area contributed by atoms with E-state index in [4.69, 9.17) is 14.2 Å². The van der Waals surface area contributed by atoms with Crippen molar-refractivity contribution in [1.29, 1.82) is 0 Å². The van der Waals surface area contributed by atoms with Crippen molar-refractivity contribution < 1.29 is 28.6 Å². The van der Waals surface area contributed by atoms with Crippen molar-refractivity contribution in [1.82, 2.24) is 9.80 Å². The summed E-state index contributed by atoms with van der Waals surface area (Å²) in [6, 6.07) is 12.6. The number of hydrogen-bond donors (Lipinski definition) is 0. The maximum Gasteiger partial charge on any atom is 0.333 e. The highest BCUT2D eigenvalue weighted by Crippen LogP contribution is 2.30. The molecular formula is C27H32N2O6. The number of carbonyl (C=O) groups is 3. The predicted octanol–water partition coefficient (Wildman–Crippen LogP) is 4.49. The lowest BCUT2D eigenvalue weighted by atomic mass is 9.99. The Balaban J connectivity index is 1.66. The third kappa shape index (κ3) is 6.01. The zero-order valence-corrected chi connectivity index (χ0v) is 20.9. The molecule has 8 nitrogen and oxygen atoms in total. The van der Waals surface area contributed by atoms with Gasteiger partial charge in [0.15, 0.2) is 11.5 Å². The summed E-state index contributed by atoms with van der Waals surface area (Å²) >= 11 is 0. The van der Waals surface area contributed by atoms with Crippen LogP contribution in [0, 0.1) is 0 Å². The molecule has 4 amide bonds. The maximum atomic E-state index is 12.5. The van der Waals surface area contributed by atoms with Gasteiger partial charge in [0, 0.05) is 14.1 Å². The lowest BCUT2D eigenvalue weighted by Crippen LogP contribution is -2.52. The van der Waals surface area contributed by atoms with Gasteiger partial charge in [-0.1, -0.05) is 32.0 Å². The summed E-state index contributed by atoms with van der Waals surface area (Å²) in [5.74, 6) is 1.00. The van der Waals surface area contributed by atoms with Gasteiger partial charge in [0.25, 0.3) is 11.8 Å². The van der Waals surface area contributed by atoms with Crippen molar-refractivity contribution in [3.05, 3.63) is 59.2 Å². The van der Waals surface area contributed by atoms with Crippen LogP contribution in [0.3, 0.4) is 0 Å². The van der Waals surface area contributed by atoms with Gasteiger partial charge >= 0.3 is 6.03 Å². The van der Waals surface area contributed by atoms with Crippen LogP contribution in [0.1, 0.15) is 44.2 Å². The van der Waals surface area contributed by atoms with Crippen LogP contribution in [0.4, 0.5) is 4.79 Å². The van der Waals surface area contributed by atoms with Crippen LogP contribution < -0.4 is 14.2 Å². The molecule has 0 saturated carbocycles. The molecule has 0 aliphatic carbocycles. The molecule has 1 saturated heterocycles. The zero-order valence-electron chi connectivity index (χ0n) is 20.9. The van der Waals surface area contributed by atoms with E-state index in [1.54, 1.807) is 18.2 Å². The topological polar surface area (TPSA) is 85.4 Å². The van der Waals surface area contributed by atoms with Crippen molar-refractivity contribution in [2.24, 2.45) is 0 Å². The molecule has 1 atom stereocenters. The van der Waals surface area contributed by atoms with Crippen LogP contribution in [0.2, 0.25) is 0 Å². The fourth-order valence-electron chi connectivity index (χ4n) is 3.58. The number of nitrogens with zero attached hydrogens (tertiary/aromatic N) is 2. The van der Waals surface area contributed by atoms with Gasteiger partial charge in [0.2, 0.25) is 0 Å². The highest BCUT2D eigenvalue weighted by atomic mass is 16.5. The smallest absolute Gasteiger partial charge is 0.333 e. The lowest BCUT2D eigenvalue weighted by molar-refractivity contribution is -0.134. The number of benzene rings is 2. The summed E-state index contributed by atoms with van der Waals surface area (Å²) in [6.07, 6.45) is 2.54. The molecule has 2 aromatic carbocycles. The molecule has 3 rings (SSSR count). The Morgan fingerprint density at radius 2 is 1.46 bits per heavy atom. The third-order valence-corrected chi connectivity index (χ3v) is 5.89. The highest BCUT2D eigenvalue weighted by molar-refractivity contribution is 6.30. The first kappa shape index (κ1) is 25.8. The molecule has 1 unspecified atom stereocenters. The lowest BCUT2D eigenvalue weighted by Gasteiger charge is -2.28. The van der Waals surface area contributed by atoms with Crippen molar-refractivity contribution >= 4 is 23.9 Å². The van der Waals surface area contributed by atoms with Crippen LogP contribution in [-0.4, -0.2) is 61.6 Å². The molecule has 1 fully saturated rings. The van der Waals surface area contributed by atoms with Crippen LogP contribution in [0.5, 0.6) is 17.2 Å². The van der Waals surface area contributed by atoms with Crippen LogP contribution in [0.15, 0.2) is 48.0 Å². The second-order valence-corrected chi connectivity index (χ2v) is 8.28. The molecule has 1 aliphatic heterocycles. The molecule has 2 aromatic rings. The average molecular weight is 481 g/mol. The van der Waals surface area contributed by atoms with Gasteiger partial charge in [0.05, 0.1) is 6.61 Å². The second kappa shape index (κ2) is 11.6. The zero-order chi connectivity index (χ0) is 25.5. The summed E-state index contributed by atoms with van der Waals surface area (Å²) in [5.41, 5.74) is 1.76. The summed E-state index contributed by atoms with van der Waals surface area (Å²) in [7, 11) is 2.68. The van der Waals surface area contributed by atoms with Crippen molar-refractivity contribution in [2.75, 3.05) is 33.9 Å². The molecule has 0 aromatic heterocycles. The summed E-state index contributed by atoms with van der Waals surface area (Å²) in [5, 5.41) is 0. The summed E-state index contributed by atoms with van der Waals surface area (Å²) in [6.45, 7) is 7.29. The SMILES string of the molecule is CCOc1cc(C=C2C(=O)N(C)C(=O)N(C)C2=O)ccc1OCCOc1ccc(C(C)CC)cc1. The molecule has 8 heteroatoms. The van der Waals surface area contributed by atoms with E-state index < -0.39 is 17.8 Å². The van der Waals surface area contributed by atoms with E-state index >= 15 is 0 Å². The Hall–Kier alpha value is -3.81. The molecule has 0 bridgehead atoms. The number of imide groups is 2. The van der Waals surface area contributed by atoms with Gasteiger partial charge in [-0.25, -0.2) is 4.79 Å². The maximum absolute atomic E-state index is 12.5. The normalized spacial score (nSPS) is 14.8. The van der Waals surface area contributed by atoms with Gasteiger partial charge in [0.1, 0.15) is 24.5 Å². The number of barbiturate groups is 1. The highest BCUT2D eigenvalue weighted by Gasteiger charge is 2.37. The minimum Gasteiger partial charge on any atom is -0.490 e. The fraction of sp³-hybridized carbons (Fsp3) is 0.370. The number of carbonyl (C=O) groups excluding carboxylic acids is 3. The minimum atomic E-state index is -0.662. The number of amides is 4. The molecule has 186 valence electrons. The van der Waals surface area contributed by atoms with E-state index in [1.165, 1.54) is 25.7 Å². The van der Waals surface area contributed by atoms with Gasteiger partial charge in [-0.05, 0) is 60.7 Å². The van der Waals surface area contributed by atoms with E-state index in [1.807, 2.05) is 19.1 Å². The second-order valence-electron chi connectivity index (χ2n) is 8.28. The third-order valence-electron chi connectivity index (χ3n) is 5.89. The van der Waals surface area contributed by atoms with Crippen molar-refractivity contribution in [2.45, 2.75) is 33.1 Å². The van der Waals surface area contributed by atoms with E-state index in [0.717, 1.165) is 22.0 Å². The summed E-state index contributed by atoms with van der Waals surface area (Å²) in [4.78, 5) is 38.7. The molecule has 1 heterocycles. The van der Waals surface area contributed by atoms with E-state index in [2.05, 4.69) is 26.0 Å². The van der Waals surface area contributed by atoms with Crippen LogP contribution in [0.25, 0.3) is 6.08 Å². The molecule has 0 radical (unpaired) electrons. The number of ether oxygens (including phenoxy) is 3. The standard InChI is InChI=1S/C27H32N2O6/c1-6-18(3)20-9-11-21(12-10-20)34-14-15-35-23-13-8-19(17-24(23)33-7-2)16-22-25(30)28(4)27(32)29(5)26(22)31/h8-13,16-18H,6-7,14-15H2,1-5H3. The van der Waals surface area contributed by atoms with Crippen LogP contribution >= 0.6 is 0 Å². The Kier molecular flexibility index (Phi) is 8.52. The number of likely N-dealkylation sites (N-methyl/N-ethyl adjacent to an activating group) is 2. The van der Waals surface area contributed by atoms with Crippen molar-refractivity contribution in [3.8, 4) is 17.2 Å². The predicted molar refractivity (Wildman–Crippen MR) is 133 cm³/mol. The van der Waals surface area contributed by atoms with E-state index in [0.29, 0.717) is 42.8 Å². The molecule has 35 heavy (non-hydrogen) atoms. The Morgan fingerprint density at radius 3 is 2.06 bits per heavy atom. The molecule has 0 N–H and O–H groups in total. The van der Waals surface area contributed by atoms with Crippen molar-refractivity contribution in [3.63, 3.8) is 0 Å². The monoisotopic (exact) mass is 480 g/mol.